The third kappa shape index (κ3) is 0.956. The fourth-order valence-corrected chi connectivity index (χ4v) is 3.11. The fourth-order valence-electron chi connectivity index (χ4n) is 3.11. The number of pyridine rings is 3. The maximum atomic E-state index is 2.32. The number of hydrogen-bond acceptors (Lipinski definition) is 0. The second-order valence-electron chi connectivity index (χ2n) is 4.84. The van der Waals surface area contributed by atoms with Crippen LogP contribution in [0.2, 0.25) is 0 Å². The molecule has 0 aliphatic heterocycles. The van der Waals surface area contributed by atoms with Gasteiger partial charge < -0.3 is 0 Å². The lowest BCUT2D eigenvalue weighted by molar-refractivity contribution is -0.600. The Labute approximate surface area is 108 Å². The Hall–Kier alpha value is -2.68. The van der Waals surface area contributed by atoms with Crippen molar-refractivity contribution < 1.29 is 8.80 Å². The van der Waals surface area contributed by atoms with Crippen molar-refractivity contribution >= 4 is 27.8 Å². The van der Waals surface area contributed by atoms with Gasteiger partial charge in [-0.25, -0.2) is 0 Å². The van der Waals surface area contributed by atoms with Crippen LogP contribution in [0.5, 0.6) is 0 Å². The molecule has 0 saturated carbocycles. The smallest absolute Gasteiger partial charge is 0.117 e. The van der Waals surface area contributed by atoms with Gasteiger partial charge in [0.25, 0.3) is 0 Å². The Morgan fingerprint density at radius 3 is 1.79 bits per heavy atom. The van der Waals surface area contributed by atoms with Gasteiger partial charge in [0.15, 0.2) is 0 Å². The maximum absolute atomic E-state index is 2.32. The zero-order chi connectivity index (χ0) is 12.4. The summed E-state index contributed by atoms with van der Waals surface area (Å²) in [6.07, 6.45) is 4.24. The molecule has 5 rings (SSSR count). The van der Waals surface area contributed by atoms with E-state index in [0.29, 0.717) is 0 Å². The summed E-state index contributed by atoms with van der Waals surface area (Å²) in [4.78, 5) is 0. The van der Waals surface area contributed by atoms with Crippen molar-refractivity contribution in [2.24, 2.45) is 0 Å². The molecular formula is C16H11N3+2. The van der Waals surface area contributed by atoms with E-state index in [1.165, 1.54) is 27.8 Å². The summed E-state index contributed by atoms with van der Waals surface area (Å²) in [5, 5.41) is 0. The average molecular weight is 245 g/mol. The zero-order valence-corrected chi connectivity index (χ0v) is 10.2. The largest absolute Gasteiger partial charge is 0.549 e. The molecule has 5 heterocycles. The van der Waals surface area contributed by atoms with Crippen molar-refractivity contribution in [3.63, 3.8) is 0 Å². The van der Waals surface area contributed by atoms with Crippen LogP contribution >= 0.6 is 0 Å². The summed E-state index contributed by atoms with van der Waals surface area (Å²) in [6.45, 7) is 0. The highest BCUT2D eigenvalue weighted by Gasteiger charge is 2.31. The molecule has 5 aromatic rings. The van der Waals surface area contributed by atoms with Crippen LogP contribution in [0.4, 0.5) is 0 Å². The maximum Gasteiger partial charge on any atom is 0.549 e. The first-order valence-electron chi connectivity index (χ1n) is 6.40. The Bertz CT molecular complexity index is 979. The van der Waals surface area contributed by atoms with Gasteiger partial charge in [0, 0.05) is 0 Å². The number of rotatable bonds is 0. The molecule has 0 atom stereocenters. The van der Waals surface area contributed by atoms with E-state index in [2.05, 4.69) is 80.2 Å². The first-order valence-corrected chi connectivity index (χ1v) is 6.40. The highest BCUT2D eigenvalue weighted by molar-refractivity contribution is 5.84. The van der Waals surface area contributed by atoms with Gasteiger partial charge in [-0.1, -0.05) is 18.2 Å². The molecule has 0 unspecified atom stereocenters. The fraction of sp³-hybridized carbons (Fsp3) is 0. The Kier molecular flexibility index (Phi) is 1.47. The predicted molar refractivity (Wildman–Crippen MR) is 72.4 cm³/mol. The number of nitrogens with zero attached hydrogens (tertiary/aromatic N) is 3. The second kappa shape index (κ2) is 3.01. The average Bonchev–Trinajstić information content (AvgIpc) is 2.99. The van der Waals surface area contributed by atoms with Crippen LogP contribution in [0.1, 0.15) is 0 Å². The Morgan fingerprint density at radius 2 is 1.21 bits per heavy atom. The summed E-state index contributed by atoms with van der Waals surface area (Å²) in [5.41, 5.74) is 4.97. The molecule has 0 aliphatic rings. The summed E-state index contributed by atoms with van der Waals surface area (Å²) in [6, 6.07) is 19.1. The Morgan fingerprint density at radius 1 is 0.632 bits per heavy atom. The molecular weight excluding hydrogens is 234 g/mol. The van der Waals surface area contributed by atoms with Crippen molar-refractivity contribution in [1.82, 2.24) is 4.40 Å². The molecule has 0 fully saturated rings. The van der Waals surface area contributed by atoms with Crippen LogP contribution in [-0.2, 0) is 0 Å². The van der Waals surface area contributed by atoms with Gasteiger partial charge in [0.1, 0.15) is 12.4 Å². The lowest BCUT2D eigenvalue weighted by Gasteiger charge is -1.85. The molecule has 0 N–H and O–H groups in total. The van der Waals surface area contributed by atoms with Crippen LogP contribution in [0.15, 0.2) is 67.0 Å². The van der Waals surface area contributed by atoms with E-state index in [-0.39, 0.29) is 0 Å². The minimum absolute atomic E-state index is 1.18. The minimum atomic E-state index is 1.18. The number of hydrogen-bond donors (Lipinski definition) is 0. The van der Waals surface area contributed by atoms with E-state index < -0.39 is 0 Å². The van der Waals surface area contributed by atoms with Crippen molar-refractivity contribution in [3.05, 3.63) is 67.0 Å². The standard InChI is InChI=1S/C16H11N3/c1-3-10-17-12(6-1)14-8-5-9-15-13-7-2-4-11-18(13)16(17)19(14)15/h1-11H/q+2. The van der Waals surface area contributed by atoms with Crippen molar-refractivity contribution in [2.45, 2.75) is 0 Å². The Balaban J connectivity index is 2.32. The lowest BCUT2D eigenvalue weighted by Crippen LogP contribution is -2.31. The molecule has 3 heteroatoms. The monoisotopic (exact) mass is 245 g/mol. The number of imidazole rings is 2. The third-order valence-electron chi connectivity index (χ3n) is 3.87. The molecule has 5 aromatic heterocycles. The summed E-state index contributed by atoms with van der Waals surface area (Å²) in [7, 11) is 0. The van der Waals surface area contributed by atoms with Gasteiger partial charge in [-0.15, -0.1) is 13.2 Å². The van der Waals surface area contributed by atoms with E-state index in [9.17, 15) is 0 Å². The van der Waals surface area contributed by atoms with Crippen LogP contribution in [0, 0.1) is 0 Å². The van der Waals surface area contributed by atoms with Gasteiger partial charge in [0.2, 0.25) is 22.1 Å². The third-order valence-corrected chi connectivity index (χ3v) is 3.87. The van der Waals surface area contributed by atoms with E-state index in [0.717, 1.165) is 0 Å². The molecule has 0 aromatic carbocycles. The second-order valence-corrected chi connectivity index (χ2v) is 4.84. The van der Waals surface area contributed by atoms with Gasteiger partial charge in [-0.2, -0.15) is 0 Å². The SMILES string of the molecule is c1cc2c3cccc[n+]3c3n2c(c1)c1cccc[n+]13. The lowest BCUT2D eigenvalue weighted by atomic mass is 10.3. The van der Waals surface area contributed by atoms with E-state index >= 15 is 0 Å². The molecule has 0 bridgehead atoms. The highest BCUT2D eigenvalue weighted by atomic mass is 15.2. The molecule has 0 radical (unpaired) electrons. The van der Waals surface area contributed by atoms with Crippen molar-refractivity contribution in [2.75, 3.05) is 0 Å². The van der Waals surface area contributed by atoms with Crippen LogP contribution in [0.25, 0.3) is 27.8 Å². The topological polar surface area (TPSA) is 12.6 Å². The van der Waals surface area contributed by atoms with Crippen molar-refractivity contribution in [3.8, 4) is 0 Å². The molecule has 0 amide bonds. The van der Waals surface area contributed by atoms with Crippen LogP contribution in [0.3, 0.4) is 0 Å². The number of fused-ring (bicyclic) bond motifs is 6. The van der Waals surface area contributed by atoms with Crippen molar-refractivity contribution in [1.29, 1.82) is 0 Å². The van der Waals surface area contributed by atoms with Crippen LogP contribution < -0.4 is 8.80 Å². The van der Waals surface area contributed by atoms with E-state index in [4.69, 9.17) is 0 Å². The molecule has 88 valence electrons. The quantitative estimate of drug-likeness (QED) is 0.370. The predicted octanol–water partition coefficient (Wildman–Crippen LogP) is 2.01. The highest BCUT2D eigenvalue weighted by Crippen LogP contribution is 2.20. The molecule has 19 heavy (non-hydrogen) atoms. The number of aromatic nitrogens is 3. The normalized spacial score (nSPS) is 12.2. The zero-order valence-electron chi connectivity index (χ0n) is 10.2. The summed E-state index contributed by atoms with van der Waals surface area (Å²) < 4.78 is 6.81. The van der Waals surface area contributed by atoms with Gasteiger partial charge in [0.05, 0.1) is 0 Å². The first-order chi connectivity index (χ1) is 9.45. The molecule has 0 saturated heterocycles. The molecule has 3 nitrogen and oxygen atoms in total. The van der Waals surface area contributed by atoms with Gasteiger partial charge >= 0.3 is 5.78 Å². The minimum Gasteiger partial charge on any atom is -0.117 e. The van der Waals surface area contributed by atoms with E-state index in [1.54, 1.807) is 0 Å². The van der Waals surface area contributed by atoms with E-state index in [1.807, 2.05) is 0 Å². The molecule has 0 aliphatic carbocycles. The summed E-state index contributed by atoms with van der Waals surface area (Å²) >= 11 is 0. The van der Waals surface area contributed by atoms with Crippen LogP contribution in [-0.4, -0.2) is 4.40 Å². The molecule has 0 spiro atoms. The summed E-state index contributed by atoms with van der Waals surface area (Å²) in [5.74, 6) is 1.18. The van der Waals surface area contributed by atoms with Gasteiger partial charge in [-0.05, 0) is 36.4 Å². The van der Waals surface area contributed by atoms with Gasteiger partial charge in [-0.3, -0.25) is 0 Å². The first kappa shape index (κ1) is 9.28.